The summed E-state index contributed by atoms with van der Waals surface area (Å²) in [6.45, 7) is 1.49. The molecule has 0 aromatic carbocycles. The lowest BCUT2D eigenvalue weighted by Crippen LogP contribution is -2.61. The van der Waals surface area contributed by atoms with Gasteiger partial charge in [-0.25, -0.2) is 9.78 Å². The molecule has 0 N–H and O–H groups in total. The van der Waals surface area contributed by atoms with Crippen molar-refractivity contribution in [3.8, 4) is 11.9 Å². The number of pyridine rings is 1. The maximum atomic E-state index is 13.6. The Morgan fingerprint density at radius 2 is 2.06 bits per heavy atom. The van der Waals surface area contributed by atoms with Crippen molar-refractivity contribution in [1.29, 1.82) is 5.26 Å². The van der Waals surface area contributed by atoms with Crippen LogP contribution in [-0.2, 0) is 9.53 Å². The predicted molar refractivity (Wildman–Crippen MR) is 117 cm³/mol. The largest absolute Gasteiger partial charge is 0.475 e. The lowest BCUT2D eigenvalue weighted by molar-refractivity contribution is -0.174. The van der Waals surface area contributed by atoms with Crippen LogP contribution in [0.1, 0.15) is 37.7 Å². The second-order valence-corrected chi connectivity index (χ2v) is 10.5. The standard InChI is InChI=1S/C25H28N4O4/c1-32-22(30)24-9-17-7-18(10-24)21(19(8-17)11-24)28-14-25(5-2-6-29(25)23(28)31)15-33-20-4-3-16(12-26)13-27-20/h2-5,13,17-19,21H,6-11,14-15H2,1H3. The SMILES string of the molecule is COC(=O)C12CC3CC(C1)C(N1CC4(COc5ccc(C#N)cn5)C=CCN4C1=O)C(C3)C2. The van der Waals surface area contributed by atoms with Gasteiger partial charge in [0.2, 0.25) is 5.88 Å². The molecule has 2 aliphatic heterocycles. The summed E-state index contributed by atoms with van der Waals surface area (Å²) in [6, 6.07) is 5.67. The number of nitrogens with zero attached hydrogens (tertiary/aromatic N) is 4. The summed E-state index contributed by atoms with van der Waals surface area (Å²) in [4.78, 5) is 34.5. The number of esters is 1. The number of aromatic nitrogens is 1. The fourth-order valence-electron chi connectivity index (χ4n) is 7.68. The van der Waals surface area contributed by atoms with E-state index >= 15 is 0 Å². The molecule has 1 aromatic heterocycles. The van der Waals surface area contributed by atoms with Crippen LogP contribution in [0.2, 0.25) is 0 Å². The zero-order valence-electron chi connectivity index (χ0n) is 18.8. The van der Waals surface area contributed by atoms with E-state index in [-0.39, 0.29) is 23.5 Å². The highest BCUT2D eigenvalue weighted by atomic mass is 16.5. The second-order valence-electron chi connectivity index (χ2n) is 10.5. The second kappa shape index (κ2) is 7.21. The zero-order chi connectivity index (χ0) is 22.8. The van der Waals surface area contributed by atoms with Gasteiger partial charge in [0.15, 0.2) is 0 Å². The lowest BCUT2D eigenvalue weighted by atomic mass is 9.47. The molecule has 1 saturated heterocycles. The molecule has 2 amide bonds. The Morgan fingerprint density at radius 1 is 1.27 bits per heavy atom. The Kier molecular flexibility index (Phi) is 4.48. The number of amides is 2. The van der Waals surface area contributed by atoms with Crippen LogP contribution >= 0.6 is 0 Å². The van der Waals surface area contributed by atoms with Gasteiger partial charge < -0.3 is 19.3 Å². The molecule has 6 aliphatic rings. The van der Waals surface area contributed by atoms with Crippen molar-refractivity contribution in [1.82, 2.24) is 14.8 Å². The summed E-state index contributed by atoms with van der Waals surface area (Å²) in [5.41, 5.74) is -0.374. The van der Waals surface area contributed by atoms with Crippen LogP contribution in [0.4, 0.5) is 4.79 Å². The van der Waals surface area contributed by atoms with Gasteiger partial charge in [0.05, 0.1) is 24.6 Å². The smallest absolute Gasteiger partial charge is 0.321 e. The zero-order valence-corrected chi connectivity index (χ0v) is 18.8. The number of hydrogen-bond acceptors (Lipinski definition) is 6. The molecule has 3 heterocycles. The first-order valence-corrected chi connectivity index (χ1v) is 11.8. The van der Waals surface area contributed by atoms with Crippen LogP contribution in [0.25, 0.3) is 0 Å². The summed E-state index contributed by atoms with van der Waals surface area (Å²) in [6.07, 6.45) is 10.4. The van der Waals surface area contributed by atoms with Gasteiger partial charge in [-0.1, -0.05) is 12.2 Å². The molecule has 3 atom stereocenters. The minimum absolute atomic E-state index is 0.0589. The average molecular weight is 449 g/mol. The third kappa shape index (κ3) is 2.98. The van der Waals surface area contributed by atoms with Crippen LogP contribution in [0.3, 0.4) is 0 Å². The van der Waals surface area contributed by atoms with Gasteiger partial charge in [0.1, 0.15) is 18.2 Å². The first kappa shape index (κ1) is 20.5. The number of urea groups is 1. The molecule has 4 bridgehead atoms. The van der Waals surface area contributed by atoms with E-state index in [1.54, 1.807) is 12.1 Å². The Labute approximate surface area is 193 Å². The molecule has 0 spiro atoms. The van der Waals surface area contributed by atoms with Crippen molar-refractivity contribution in [2.45, 2.75) is 43.7 Å². The average Bonchev–Trinajstić information content (AvgIpc) is 3.35. The van der Waals surface area contributed by atoms with Crippen molar-refractivity contribution < 1.29 is 19.1 Å². The molecule has 8 heteroatoms. The lowest BCUT2D eigenvalue weighted by Gasteiger charge is -2.60. The summed E-state index contributed by atoms with van der Waals surface area (Å²) in [5.74, 6) is 1.65. The number of carbonyl (C=O) groups excluding carboxylic acids is 2. The summed E-state index contributed by atoms with van der Waals surface area (Å²) >= 11 is 0. The number of hydrogen-bond donors (Lipinski definition) is 0. The Morgan fingerprint density at radius 3 is 2.73 bits per heavy atom. The number of carbonyl (C=O) groups is 2. The quantitative estimate of drug-likeness (QED) is 0.508. The van der Waals surface area contributed by atoms with Gasteiger partial charge in [0, 0.05) is 24.8 Å². The van der Waals surface area contributed by atoms with Gasteiger partial charge >= 0.3 is 12.0 Å². The van der Waals surface area contributed by atoms with Crippen LogP contribution in [0.5, 0.6) is 5.88 Å². The van der Waals surface area contributed by atoms with Gasteiger partial charge in [0.25, 0.3) is 0 Å². The first-order chi connectivity index (χ1) is 16.0. The molecule has 3 unspecified atom stereocenters. The van der Waals surface area contributed by atoms with E-state index in [1.807, 2.05) is 11.0 Å². The van der Waals surface area contributed by atoms with Crippen molar-refractivity contribution >= 4 is 12.0 Å². The number of rotatable bonds is 5. The molecule has 8 nitrogen and oxygen atoms in total. The molecule has 7 rings (SSSR count). The number of nitriles is 1. The highest BCUT2D eigenvalue weighted by Crippen LogP contribution is 2.62. The van der Waals surface area contributed by atoms with E-state index < -0.39 is 5.54 Å². The topological polar surface area (TPSA) is 95.8 Å². The van der Waals surface area contributed by atoms with Crippen LogP contribution in [-0.4, -0.2) is 65.2 Å². The summed E-state index contributed by atoms with van der Waals surface area (Å²) < 4.78 is 11.2. The third-order valence-corrected chi connectivity index (χ3v) is 8.71. The molecule has 4 saturated carbocycles. The molecule has 1 aromatic rings. The van der Waals surface area contributed by atoms with Crippen LogP contribution < -0.4 is 4.74 Å². The van der Waals surface area contributed by atoms with Crippen molar-refractivity contribution in [3.63, 3.8) is 0 Å². The van der Waals surface area contributed by atoms with Gasteiger partial charge in [-0.2, -0.15) is 5.26 Å². The Bertz CT molecular complexity index is 1050. The first-order valence-electron chi connectivity index (χ1n) is 11.8. The third-order valence-electron chi connectivity index (χ3n) is 8.71. The van der Waals surface area contributed by atoms with Crippen molar-refractivity contribution in [2.75, 3.05) is 26.8 Å². The highest BCUT2D eigenvalue weighted by molar-refractivity contribution is 5.81. The maximum absolute atomic E-state index is 13.6. The molecule has 4 aliphatic carbocycles. The molecule has 5 fully saturated rings. The molecule has 33 heavy (non-hydrogen) atoms. The van der Waals surface area contributed by atoms with Crippen molar-refractivity contribution in [3.05, 3.63) is 36.0 Å². The monoisotopic (exact) mass is 448 g/mol. The molecule has 172 valence electrons. The Balaban J connectivity index is 1.22. The van der Waals surface area contributed by atoms with Gasteiger partial charge in [-0.05, 0) is 55.9 Å². The number of fused-ring (bicyclic) bond motifs is 1. The Hall–Kier alpha value is -3.08. The summed E-state index contributed by atoms with van der Waals surface area (Å²) in [7, 11) is 1.50. The minimum atomic E-state index is -0.513. The molecular weight excluding hydrogens is 420 g/mol. The van der Waals surface area contributed by atoms with Crippen molar-refractivity contribution in [2.24, 2.45) is 23.2 Å². The van der Waals surface area contributed by atoms with Crippen LogP contribution in [0.15, 0.2) is 30.5 Å². The van der Waals surface area contributed by atoms with Crippen LogP contribution in [0, 0.1) is 34.5 Å². The number of ether oxygens (including phenoxy) is 2. The van der Waals surface area contributed by atoms with Gasteiger partial charge in [-0.15, -0.1) is 0 Å². The van der Waals surface area contributed by atoms with Gasteiger partial charge in [-0.3, -0.25) is 4.79 Å². The summed E-state index contributed by atoms with van der Waals surface area (Å²) in [5, 5.41) is 8.97. The molecular formula is C25H28N4O4. The van der Waals surface area contributed by atoms with E-state index in [0.29, 0.717) is 48.9 Å². The normalized spacial score (nSPS) is 37.9. The number of methoxy groups -OCH3 is 1. The maximum Gasteiger partial charge on any atom is 0.321 e. The van der Waals surface area contributed by atoms with E-state index in [1.165, 1.54) is 13.3 Å². The van der Waals surface area contributed by atoms with E-state index in [4.69, 9.17) is 14.7 Å². The minimum Gasteiger partial charge on any atom is -0.475 e. The highest BCUT2D eigenvalue weighted by Gasteiger charge is 2.63. The fraction of sp³-hybridized carbons (Fsp3) is 0.600. The predicted octanol–water partition coefficient (Wildman–Crippen LogP) is 2.75. The van der Waals surface area contributed by atoms with E-state index in [2.05, 4.69) is 22.0 Å². The van der Waals surface area contributed by atoms with E-state index in [0.717, 1.165) is 32.1 Å². The molecule has 0 radical (unpaired) electrons. The van der Waals surface area contributed by atoms with E-state index in [9.17, 15) is 9.59 Å². The fourth-order valence-corrected chi connectivity index (χ4v) is 7.68.